The van der Waals surface area contributed by atoms with Crippen LogP contribution >= 0.6 is 11.3 Å². The van der Waals surface area contributed by atoms with Gasteiger partial charge < -0.3 is 9.64 Å². The fraction of sp³-hybridized carbons (Fsp3) is 0.188. The Morgan fingerprint density at radius 1 is 1.05 bits per heavy atom. The number of nitrogens with zero attached hydrogens (tertiary/aromatic N) is 2. The molecule has 0 fully saturated rings. The van der Waals surface area contributed by atoms with E-state index in [0.29, 0.717) is 0 Å². The Morgan fingerprint density at radius 3 is 2.45 bits per heavy atom. The van der Waals surface area contributed by atoms with E-state index < -0.39 is 0 Å². The molecule has 3 rings (SSSR count). The minimum Gasteiger partial charge on any atom is -0.497 e. The van der Waals surface area contributed by atoms with Crippen molar-refractivity contribution in [3.05, 3.63) is 42.5 Å². The van der Waals surface area contributed by atoms with E-state index in [-0.39, 0.29) is 0 Å². The molecule has 0 saturated carbocycles. The summed E-state index contributed by atoms with van der Waals surface area (Å²) < 4.78 is 6.40. The summed E-state index contributed by atoms with van der Waals surface area (Å²) in [5.41, 5.74) is 3.36. The van der Waals surface area contributed by atoms with Gasteiger partial charge in [-0.05, 0) is 42.5 Å². The second-order valence-electron chi connectivity index (χ2n) is 4.79. The van der Waals surface area contributed by atoms with E-state index in [1.54, 1.807) is 18.4 Å². The molecule has 0 aliphatic heterocycles. The maximum Gasteiger partial charge on any atom is 0.124 e. The summed E-state index contributed by atoms with van der Waals surface area (Å²) in [7, 11) is 5.76. The fourth-order valence-electron chi connectivity index (χ4n) is 2.06. The molecule has 1 aromatic heterocycles. The van der Waals surface area contributed by atoms with E-state index >= 15 is 0 Å². The topological polar surface area (TPSA) is 25.4 Å². The van der Waals surface area contributed by atoms with Crippen LogP contribution in [0.3, 0.4) is 0 Å². The summed E-state index contributed by atoms with van der Waals surface area (Å²) in [5, 5.41) is 1.04. The summed E-state index contributed by atoms with van der Waals surface area (Å²) >= 11 is 1.69. The van der Waals surface area contributed by atoms with Crippen molar-refractivity contribution < 1.29 is 4.74 Å². The van der Waals surface area contributed by atoms with Gasteiger partial charge >= 0.3 is 0 Å². The van der Waals surface area contributed by atoms with Gasteiger partial charge in [0.2, 0.25) is 0 Å². The summed E-state index contributed by atoms with van der Waals surface area (Å²) in [6, 6.07) is 14.4. The number of fused-ring (bicyclic) bond motifs is 1. The summed E-state index contributed by atoms with van der Waals surface area (Å²) in [6.07, 6.45) is 0. The molecule has 0 amide bonds. The Bertz CT molecular complexity index is 732. The van der Waals surface area contributed by atoms with Crippen molar-refractivity contribution in [3.63, 3.8) is 0 Å². The van der Waals surface area contributed by atoms with Crippen molar-refractivity contribution in [2.45, 2.75) is 0 Å². The Balaban J connectivity index is 2.01. The summed E-state index contributed by atoms with van der Waals surface area (Å²) in [6.45, 7) is 0. The monoisotopic (exact) mass is 283 g/mol. The zero-order valence-corrected chi connectivity index (χ0v) is 12.6. The van der Waals surface area contributed by atoms with Gasteiger partial charge in [-0.1, -0.05) is 0 Å². The van der Waals surface area contributed by atoms with Gasteiger partial charge in [-0.3, -0.25) is 0 Å². The highest BCUT2D eigenvalue weighted by Gasteiger charge is 2.07. The SMILES string of the molecule is COc1ccc2nc(-c3ccc(N(C)[11CH3])cc3)sc2c1. The number of anilines is 1. The van der Waals surface area contributed by atoms with Gasteiger partial charge in [0.1, 0.15) is 10.8 Å². The van der Waals surface area contributed by atoms with Crippen molar-refractivity contribution in [3.8, 4) is 16.3 Å². The van der Waals surface area contributed by atoms with Gasteiger partial charge in [-0.2, -0.15) is 0 Å². The quantitative estimate of drug-likeness (QED) is 0.725. The van der Waals surface area contributed by atoms with Gasteiger partial charge in [-0.15, -0.1) is 11.3 Å². The van der Waals surface area contributed by atoms with E-state index in [0.717, 1.165) is 26.5 Å². The van der Waals surface area contributed by atoms with E-state index in [4.69, 9.17) is 4.74 Å². The van der Waals surface area contributed by atoms with Gasteiger partial charge in [0.25, 0.3) is 0 Å². The zero-order chi connectivity index (χ0) is 14.1. The minimum atomic E-state index is 0.871. The number of aromatic nitrogens is 1. The van der Waals surface area contributed by atoms with Gasteiger partial charge in [0.05, 0.1) is 17.3 Å². The highest BCUT2D eigenvalue weighted by atomic mass is 32.1. The van der Waals surface area contributed by atoms with E-state index in [1.807, 2.05) is 32.3 Å². The predicted octanol–water partition coefficient (Wildman–Crippen LogP) is 4.04. The van der Waals surface area contributed by atoms with E-state index in [9.17, 15) is 0 Å². The van der Waals surface area contributed by atoms with Crippen LogP contribution in [-0.4, -0.2) is 26.2 Å². The average Bonchev–Trinajstić information content (AvgIpc) is 2.90. The molecule has 20 heavy (non-hydrogen) atoms. The van der Waals surface area contributed by atoms with Crippen molar-refractivity contribution >= 4 is 27.2 Å². The van der Waals surface area contributed by atoms with Gasteiger partial charge in [-0.25, -0.2) is 4.98 Å². The molecule has 0 spiro atoms. The van der Waals surface area contributed by atoms with Crippen LogP contribution < -0.4 is 9.64 Å². The highest BCUT2D eigenvalue weighted by Crippen LogP contribution is 2.32. The lowest BCUT2D eigenvalue weighted by molar-refractivity contribution is 0.415. The number of rotatable bonds is 3. The van der Waals surface area contributed by atoms with Crippen LogP contribution in [0.25, 0.3) is 20.8 Å². The Morgan fingerprint density at radius 2 is 1.80 bits per heavy atom. The van der Waals surface area contributed by atoms with E-state index in [1.165, 1.54) is 5.69 Å². The minimum absolute atomic E-state index is 0.871. The molecule has 0 saturated heterocycles. The average molecular weight is 283 g/mol. The molecule has 102 valence electrons. The van der Waals surface area contributed by atoms with Crippen LogP contribution in [0.2, 0.25) is 0 Å². The smallest absolute Gasteiger partial charge is 0.124 e. The molecule has 0 atom stereocenters. The van der Waals surface area contributed by atoms with Crippen LogP contribution in [-0.2, 0) is 0 Å². The molecular weight excluding hydrogens is 267 g/mol. The van der Waals surface area contributed by atoms with Crippen molar-refractivity contribution in [1.82, 2.24) is 4.98 Å². The first kappa shape index (κ1) is 12.9. The third-order valence-corrected chi connectivity index (χ3v) is 4.29. The standard InChI is InChI=1S/C16H16N2OS/c1-18(2)12-6-4-11(5-7-12)16-17-14-9-8-13(19-3)10-15(14)20-16/h4-10H,1-3H3/i1-1. The first-order valence-corrected chi connectivity index (χ1v) is 7.21. The second kappa shape index (κ2) is 5.13. The largest absolute Gasteiger partial charge is 0.497 e. The lowest BCUT2D eigenvalue weighted by Gasteiger charge is -2.11. The first-order chi connectivity index (χ1) is 9.67. The molecule has 0 N–H and O–H groups in total. The van der Waals surface area contributed by atoms with Crippen molar-refractivity contribution in [1.29, 1.82) is 0 Å². The predicted molar refractivity (Wildman–Crippen MR) is 85.9 cm³/mol. The van der Waals surface area contributed by atoms with Crippen LogP contribution in [0, 0.1) is 0 Å². The van der Waals surface area contributed by atoms with Gasteiger partial charge in [0, 0.05) is 25.3 Å². The Kier molecular flexibility index (Phi) is 3.32. The maximum atomic E-state index is 5.25. The molecule has 0 aliphatic rings. The normalized spacial score (nSPS) is 10.8. The number of ether oxygens (including phenoxy) is 1. The molecule has 3 nitrogen and oxygen atoms in total. The number of methoxy groups -OCH3 is 1. The number of hydrogen-bond acceptors (Lipinski definition) is 4. The van der Waals surface area contributed by atoms with Crippen LogP contribution in [0.4, 0.5) is 5.69 Å². The molecular formula is C16H16N2OS. The molecule has 3 aromatic rings. The molecule has 4 heteroatoms. The maximum absolute atomic E-state index is 5.25. The number of thiazole rings is 1. The molecule has 2 aromatic carbocycles. The zero-order valence-electron chi connectivity index (χ0n) is 11.8. The Labute approximate surface area is 122 Å². The van der Waals surface area contributed by atoms with Crippen molar-refractivity contribution in [2.75, 3.05) is 26.1 Å². The first-order valence-electron chi connectivity index (χ1n) is 6.40. The van der Waals surface area contributed by atoms with Crippen molar-refractivity contribution in [2.24, 2.45) is 0 Å². The summed E-state index contributed by atoms with van der Waals surface area (Å²) in [5.74, 6) is 0.871. The molecule has 0 bridgehead atoms. The molecule has 0 radical (unpaired) electrons. The third kappa shape index (κ3) is 2.34. The number of hydrogen-bond donors (Lipinski definition) is 0. The lowest BCUT2D eigenvalue weighted by Crippen LogP contribution is -2.07. The molecule has 0 aliphatic carbocycles. The van der Waals surface area contributed by atoms with Gasteiger partial charge in [0.15, 0.2) is 0 Å². The summed E-state index contributed by atoms with van der Waals surface area (Å²) in [4.78, 5) is 6.77. The van der Waals surface area contributed by atoms with E-state index in [2.05, 4.69) is 34.1 Å². The third-order valence-electron chi connectivity index (χ3n) is 3.23. The number of benzene rings is 2. The molecule has 0 unspecified atom stereocenters. The fourth-order valence-corrected chi connectivity index (χ4v) is 3.06. The van der Waals surface area contributed by atoms with Crippen LogP contribution in [0.5, 0.6) is 5.75 Å². The highest BCUT2D eigenvalue weighted by molar-refractivity contribution is 7.21. The second-order valence-corrected chi connectivity index (χ2v) is 5.82. The van der Waals surface area contributed by atoms with Crippen LogP contribution in [0.15, 0.2) is 42.5 Å². The molecule has 1 heterocycles. The van der Waals surface area contributed by atoms with Crippen LogP contribution in [0.1, 0.15) is 0 Å². The lowest BCUT2D eigenvalue weighted by atomic mass is 10.2. The Hall–Kier alpha value is -2.07.